The van der Waals surface area contributed by atoms with Crippen molar-refractivity contribution >= 4 is 40.3 Å². The number of anilines is 3. The highest BCUT2D eigenvalue weighted by Gasteiger charge is 2.14. The summed E-state index contributed by atoms with van der Waals surface area (Å²) < 4.78 is 0. The standard InChI is InChI=1S/C24H25N3OS/c1-24(2,3)18-14-12-17(13-15-18)22(28)25-20-10-7-11-21(16-20)27-23(29)26-19-8-5-4-6-9-19/h4-16H,1-3H3,(H,25,28)(H2,26,27,29). The van der Waals surface area contributed by atoms with Crippen LogP contribution in [0.25, 0.3) is 0 Å². The van der Waals surface area contributed by atoms with Crippen LogP contribution in [0.1, 0.15) is 36.7 Å². The molecule has 0 fully saturated rings. The number of carbonyl (C=O) groups is 1. The molecule has 3 N–H and O–H groups in total. The molecule has 148 valence electrons. The van der Waals surface area contributed by atoms with Crippen molar-refractivity contribution < 1.29 is 4.79 Å². The predicted octanol–water partition coefficient (Wildman–Crippen LogP) is 6.05. The summed E-state index contributed by atoms with van der Waals surface area (Å²) in [5, 5.41) is 9.68. The maximum absolute atomic E-state index is 12.6. The van der Waals surface area contributed by atoms with Crippen LogP contribution in [0.4, 0.5) is 17.1 Å². The molecule has 0 aliphatic rings. The molecule has 3 rings (SSSR count). The highest BCUT2D eigenvalue weighted by Crippen LogP contribution is 2.23. The fourth-order valence-corrected chi connectivity index (χ4v) is 3.05. The molecule has 4 nitrogen and oxygen atoms in total. The summed E-state index contributed by atoms with van der Waals surface area (Å²) >= 11 is 5.36. The van der Waals surface area contributed by atoms with Gasteiger partial charge in [0.2, 0.25) is 0 Å². The van der Waals surface area contributed by atoms with Crippen LogP contribution >= 0.6 is 12.2 Å². The largest absolute Gasteiger partial charge is 0.332 e. The van der Waals surface area contributed by atoms with Crippen LogP contribution in [-0.2, 0) is 5.41 Å². The van der Waals surface area contributed by atoms with Gasteiger partial charge in [-0.25, -0.2) is 0 Å². The molecule has 1 amide bonds. The molecule has 0 spiro atoms. The van der Waals surface area contributed by atoms with Gasteiger partial charge < -0.3 is 16.0 Å². The van der Waals surface area contributed by atoms with E-state index in [1.807, 2.05) is 78.9 Å². The number of benzene rings is 3. The molecule has 5 heteroatoms. The summed E-state index contributed by atoms with van der Waals surface area (Å²) in [6, 6.07) is 24.9. The molecular weight excluding hydrogens is 378 g/mol. The van der Waals surface area contributed by atoms with Crippen LogP contribution in [0.15, 0.2) is 78.9 Å². The second kappa shape index (κ2) is 8.88. The van der Waals surface area contributed by atoms with Crippen molar-refractivity contribution in [3.63, 3.8) is 0 Å². The molecule has 0 aliphatic carbocycles. The van der Waals surface area contributed by atoms with Crippen molar-refractivity contribution in [1.82, 2.24) is 0 Å². The number of amides is 1. The number of hydrogen-bond donors (Lipinski definition) is 3. The third-order valence-electron chi connectivity index (χ3n) is 4.42. The van der Waals surface area contributed by atoms with Crippen molar-refractivity contribution in [1.29, 1.82) is 0 Å². The van der Waals surface area contributed by atoms with Gasteiger partial charge in [-0.1, -0.05) is 57.2 Å². The minimum Gasteiger partial charge on any atom is -0.332 e. The van der Waals surface area contributed by atoms with Gasteiger partial charge in [-0.15, -0.1) is 0 Å². The molecule has 0 bridgehead atoms. The number of rotatable bonds is 4. The average molecular weight is 404 g/mol. The molecule has 29 heavy (non-hydrogen) atoms. The zero-order valence-corrected chi connectivity index (χ0v) is 17.6. The summed E-state index contributed by atoms with van der Waals surface area (Å²) in [7, 11) is 0. The Kier molecular flexibility index (Phi) is 6.29. The summed E-state index contributed by atoms with van der Waals surface area (Å²) in [5.74, 6) is -0.146. The number of hydrogen-bond acceptors (Lipinski definition) is 2. The first-order valence-electron chi connectivity index (χ1n) is 9.46. The van der Waals surface area contributed by atoms with Crippen LogP contribution in [0.3, 0.4) is 0 Å². The monoisotopic (exact) mass is 403 g/mol. The van der Waals surface area contributed by atoms with Crippen LogP contribution in [0.5, 0.6) is 0 Å². The Hall–Kier alpha value is -3.18. The number of carbonyl (C=O) groups excluding carboxylic acids is 1. The average Bonchev–Trinajstić information content (AvgIpc) is 2.68. The van der Waals surface area contributed by atoms with E-state index in [-0.39, 0.29) is 11.3 Å². The van der Waals surface area contributed by atoms with Crippen molar-refractivity contribution in [2.24, 2.45) is 0 Å². The molecule has 0 saturated carbocycles. The molecule has 0 atom stereocenters. The summed E-state index contributed by atoms with van der Waals surface area (Å²) in [6.45, 7) is 6.45. The summed E-state index contributed by atoms with van der Waals surface area (Å²) in [6.07, 6.45) is 0. The van der Waals surface area contributed by atoms with Gasteiger partial charge in [0.15, 0.2) is 5.11 Å². The predicted molar refractivity (Wildman–Crippen MR) is 126 cm³/mol. The van der Waals surface area contributed by atoms with E-state index in [1.54, 1.807) is 0 Å². The SMILES string of the molecule is CC(C)(C)c1ccc(C(=O)Nc2cccc(NC(=S)Nc3ccccc3)c2)cc1. The Morgan fingerprint density at radius 1 is 0.724 bits per heavy atom. The molecule has 0 aromatic heterocycles. The number of thiocarbonyl (C=S) groups is 1. The van der Waals surface area contributed by atoms with Gasteiger partial charge in [-0.05, 0) is 65.7 Å². The molecule has 0 heterocycles. The zero-order valence-electron chi connectivity index (χ0n) is 16.8. The topological polar surface area (TPSA) is 53.2 Å². The Morgan fingerprint density at radius 2 is 1.28 bits per heavy atom. The van der Waals surface area contributed by atoms with Crippen LogP contribution in [-0.4, -0.2) is 11.0 Å². The van der Waals surface area contributed by atoms with Crippen molar-refractivity contribution in [2.75, 3.05) is 16.0 Å². The summed E-state index contributed by atoms with van der Waals surface area (Å²) in [5.41, 5.74) is 4.27. The lowest BCUT2D eigenvalue weighted by Gasteiger charge is -2.19. The lowest BCUT2D eigenvalue weighted by Crippen LogP contribution is -2.19. The Morgan fingerprint density at radius 3 is 1.90 bits per heavy atom. The number of para-hydroxylation sites is 1. The fraction of sp³-hybridized carbons (Fsp3) is 0.167. The van der Waals surface area contributed by atoms with E-state index >= 15 is 0 Å². The van der Waals surface area contributed by atoms with Gasteiger partial charge in [0.25, 0.3) is 5.91 Å². The van der Waals surface area contributed by atoms with Crippen molar-refractivity contribution in [3.05, 3.63) is 90.0 Å². The highest BCUT2D eigenvalue weighted by molar-refractivity contribution is 7.80. The smallest absolute Gasteiger partial charge is 0.255 e. The third-order valence-corrected chi connectivity index (χ3v) is 4.63. The Labute approximate surface area is 177 Å². The second-order valence-corrected chi connectivity index (χ2v) is 8.22. The first kappa shape index (κ1) is 20.6. The van der Waals surface area contributed by atoms with E-state index in [4.69, 9.17) is 12.2 Å². The zero-order chi connectivity index (χ0) is 20.9. The quantitative estimate of drug-likeness (QED) is 0.465. The molecule has 0 unspecified atom stereocenters. The van der Waals surface area contributed by atoms with E-state index in [1.165, 1.54) is 5.56 Å². The van der Waals surface area contributed by atoms with E-state index in [2.05, 4.69) is 36.7 Å². The fourth-order valence-electron chi connectivity index (χ4n) is 2.81. The molecule has 0 aliphatic heterocycles. The molecular formula is C24H25N3OS. The maximum Gasteiger partial charge on any atom is 0.255 e. The van der Waals surface area contributed by atoms with Crippen LogP contribution in [0, 0.1) is 0 Å². The first-order chi connectivity index (χ1) is 13.8. The summed E-state index contributed by atoms with van der Waals surface area (Å²) in [4.78, 5) is 12.6. The first-order valence-corrected chi connectivity index (χ1v) is 9.87. The minimum atomic E-state index is -0.146. The van der Waals surface area contributed by atoms with Gasteiger partial charge >= 0.3 is 0 Å². The van der Waals surface area contributed by atoms with Gasteiger partial charge in [0.1, 0.15) is 0 Å². The lowest BCUT2D eigenvalue weighted by atomic mass is 9.87. The van der Waals surface area contributed by atoms with Gasteiger partial charge in [-0.2, -0.15) is 0 Å². The van der Waals surface area contributed by atoms with Crippen LogP contribution < -0.4 is 16.0 Å². The molecule has 0 radical (unpaired) electrons. The highest BCUT2D eigenvalue weighted by atomic mass is 32.1. The van der Waals surface area contributed by atoms with E-state index in [9.17, 15) is 4.79 Å². The Bertz CT molecular complexity index is 993. The normalized spacial score (nSPS) is 10.9. The van der Waals surface area contributed by atoms with E-state index in [0.717, 1.165) is 11.4 Å². The molecule has 3 aromatic rings. The molecule has 0 saturated heterocycles. The lowest BCUT2D eigenvalue weighted by molar-refractivity contribution is 0.102. The molecule has 3 aromatic carbocycles. The van der Waals surface area contributed by atoms with E-state index < -0.39 is 0 Å². The van der Waals surface area contributed by atoms with Gasteiger partial charge in [0.05, 0.1) is 0 Å². The van der Waals surface area contributed by atoms with Crippen molar-refractivity contribution in [2.45, 2.75) is 26.2 Å². The maximum atomic E-state index is 12.6. The number of nitrogens with one attached hydrogen (secondary N) is 3. The van der Waals surface area contributed by atoms with Crippen LogP contribution in [0.2, 0.25) is 0 Å². The van der Waals surface area contributed by atoms with Crippen molar-refractivity contribution in [3.8, 4) is 0 Å². The minimum absolute atomic E-state index is 0.0568. The van der Waals surface area contributed by atoms with Gasteiger partial charge in [-0.3, -0.25) is 4.79 Å². The van der Waals surface area contributed by atoms with E-state index in [0.29, 0.717) is 16.4 Å². The Balaban J connectivity index is 1.63. The third kappa shape index (κ3) is 5.90. The van der Waals surface area contributed by atoms with Gasteiger partial charge in [0, 0.05) is 22.6 Å². The second-order valence-electron chi connectivity index (χ2n) is 7.81.